The van der Waals surface area contributed by atoms with E-state index < -0.39 is 4.92 Å². The molecule has 0 aliphatic carbocycles. The Bertz CT molecular complexity index is 509. The molecule has 1 aromatic carbocycles. The number of piperidine rings is 1. The first-order chi connectivity index (χ1) is 10.1. The Kier molecular flexibility index (Phi) is 4.98. The van der Waals surface area contributed by atoms with Crippen LogP contribution in [0.5, 0.6) is 5.75 Å². The highest BCUT2D eigenvalue weighted by Gasteiger charge is 2.33. The summed E-state index contributed by atoms with van der Waals surface area (Å²) in [4.78, 5) is 13.0. The number of benzene rings is 1. The lowest BCUT2D eigenvalue weighted by Crippen LogP contribution is -2.48. The summed E-state index contributed by atoms with van der Waals surface area (Å²) in [6.07, 6.45) is 1.74. The first-order valence-corrected chi connectivity index (χ1v) is 6.93. The molecule has 21 heavy (non-hydrogen) atoms. The van der Waals surface area contributed by atoms with Gasteiger partial charge in [0.05, 0.1) is 18.1 Å². The lowest BCUT2D eigenvalue weighted by molar-refractivity contribution is -0.385. The minimum Gasteiger partial charge on any atom is -0.490 e. The van der Waals surface area contributed by atoms with Gasteiger partial charge in [0.25, 0.3) is 0 Å². The molecule has 2 rings (SSSR count). The van der Waals surface area contributed by atoms with Gasteiger partial charge in [-0.2, -0.15) is 0 Å². The summed E-state index contributed by atoms with van der Waals surface area (Å²) in [5, 5.41) is 11.4. The van der Waals surface area contributed by atoms with E-state index >= 15 is 0 Å². The van der Waals surface area contributed by atoms with Crippen molar-refractivity contribution in [3.8, 4) is 5.75 Å². The summed E-state index contributed by atoms with van der Waals surface area (Å²) in [7, 11) is 3.12. The van der Waals surface area contributed by atoms with Crippen LogP contribution < -0.4 is 15.4 Å². The third kappa shape index (κ3) is 3.08. The van der Waals surface area contributed by atoms with E-state index in [0.29, 0.717) is 18.8 Å². The number of rotatable bonds is 5. The average Bonchev–Trinajstić information content (AvgIpc) is 2.53. The number of nitrogens with zero attached hydrogens (tertiary/aromatic N) is 2. The summed E-state index contributed by atoms with van der Waals surface area (Å²) in [6, 6.07) is 5.13. The third-order valence-electron chi connectivity index (χ3n) is 3.96. The number of nitro benzene ring substituents is 1. The molecule has 2 unspecified atom stereocenters. The summed E-state index contributed by atoms with van der Waals surface area (Å²) in [5.74, 6) is 0.266. The number of anilines is 1. The maximum Gasteiger partial charge on any atom is 0.333 e. The molecule has 0 saturated carbocycles. The molecular weight excluding hydrogens is 274 g/mol. The zero-order chi connectivity index (χ0) is 15.4. The summed E-state index contributed by atoms with van der Waals surface area (Å²) >= 11 is 0. The molecule has 7 nitrogen and oxygen atoms in total. The van der Waals surface area contributed by atoms with Crippen molar-refractivity contribution < 1.29 is 14.4 Å². The van der Waals surface area contributed by atoms with Crippen LogP contribution in [-0.4, -0.2) is 44.4 Å². The number of ether oxygens (including phenoxy) is 2. The van der Waals surface area contributed by atoms with E-state index in [9.17, 15) is 10.1 Å². The number of methoxy groups -OCH3 is 2. The van der Waals surface area contributed by atoms with Gasteiger partial charge in [-0.15, -0.1) is 0 Å². The third-order valence-corrected chi connectivity index (χ3v) is 3.96. The lowest BCUT2D eigenvalue weighted by Gasteiger charge is -2.39. The number of nitrogens with two attached hydrogens (primary N) is 1. The zero-order valence-electron chi connectivity index (χ0n) is 12.3. The Labute approximate surface area is 123 Å². The first-order valence-electron chi connectivity index (χ1n) is 6.93. The standard InChI is InChI=1S/C14H21N3O4/c1-20-11-6-7-16(10(8-11)9-15)12-4-3-5-13(21-2)14(12)17(18)19/h3-5,10-11H,6-9,15H2,1-2H3. The average molecular weight is 295 g/mol. The van der Waals surface area contributed by atoms with Crippen molar-refractivity contribution in [1.29, 1.82) is 0 Å². The predicted molar refractivity (Wildman–Crippen MR) is 79.9 cm³/mol. The maximum absolute atomic E-state index is 11.4. The molecule has 7 heteroatoms. The van der Waals surface area contributed by atoms with Gasteiger partial charge in [0.2, 0.25) is 0 Å². The molecule has 0 spiro atoms. The van der Waals surface area contributed by atoms with Crippen LogP contribution in [0.2, 0.25) is 0 Å². The van der Waals surface area contributed by atoms with E-state index in [1.165, 1.54) is 7.11 Å². The molecular formula is C14H21N3O4. The highest BCUT2D eigenvalue weighted by atomic mass is 16.6. The summed E-state index contributed by atoms with van der Waals surface area (Å²) < 4.78 is 10.5. The van der Waals surface area contributed by atoms with E-state index in [4.69, 9.17) is 15.2 Å². The van der Waals surface area contributed by atoms with Crippen LogP contribution in [0.3, 0.4) is 0 Å². The molecule has 0 amide bonds. The molecule has 116 valence electrons. The molecule has 1 saturated heterocycles. The number of hydrogen-bond donors (Lipinski definition) is 1. The fraction of sp³-hybridized carbons (Fsp3) is 0.571. The molecule has 2 atom stereocenters. The Morgan fingerprint density at radius 3 is 2.81 bits per heavy atom. The van der Waals surface area contributed by atoms with Gasteiger partial charge < -0.3 is 20.1 Å². The Balaban J connectivity index is 2.38. The second kappa shape index (κ2) is 6.73. The summed E-state index contributed by atoms with van der Waals surface area (Å²) in [6.45, 7) is 1.10. The van der Waals surface area contributed by atoms with Crippen LogP contribution in [0.25, 0.3) is 0 Å². The smallest absolute Gasteiger partial charge is 0.333 e. The molecule has 0 aromatic heterocycles. The van der Waals surface area contributed by atoms with Gasteiger partial charge in [-0.1, -0.05) is 6.07 Å². The molecule has 1 aliphatic heterocycles. The van der Waals surface area contributed by atoms with Crippen molar-refractivity contribution in [2.45, 2.75) is 25.0 Å². The predicted octanol–water partition coefficient (Wildman–Crippen LogP) is 1.55. The molecule has 0 radical (unpaired) electrons. The van der Waals surface area contributed by atoms with Crippen LogP contribution in [0.4, 0.5) is 11.4 Å². The van der Waals surface area contributed by atoms with Crippen molar-refractivity contribution in [3.05, 3.63) is 28.3 Å². The molecule has 1 aromatic rings. The van der Waals surface area contributed by atoms with Crippen LogP contribution >= 0.6 is 0 Å². The highest BCUT2D eigenvalue weighted by molar-refractivity contribution is 5.70. The Morgan fingerprint density at radius 1 is 1.48 bits per heavy atom. The van der Waals surface area contributed by atoms with Gasteiger partial charge in [0.1, 0.15) is 5.69 Å². The Hall–Kier alpha value is -1.86. The summed E-state index contributed by atoms with van der Waals surface area (Å²) in [5.41, 5.74) is 6.40. The zero-order valence-corrected chi connectivity index (χ0v) is 12.3. The van der Waals surface area contributed by atoms with Crippen LogP contribution in [0.15, 0.2) is 18.2 Å². The van der Waals surface area contributed by atoms with E-state index in [0.717, 1.165) is 12.8 Å². The number of para-hydroxylation sites is 1. The van der Waals surface area contributed by atoms with E-state index in [-0.39, 0.29) is 23.6 Å². The second-order valence-electron chi connectivity index (χ2n) is 5.05. The lowest BCUT2D eigenvalue weighted by atomic mass is 9.98. The van der Waals surface area contributed by atoms with E-state index in [1.54, 1.807) is 25.3 Å². The fourth-order valence-corrected chi connectivity index (χ4v) is 2.86. The molecule has 2 N–H and O–H groups in total. The van der Waals surface area contributed by atoms with Gasteiger partial charge >= 0.3 is 5.69 Å². The molecule has 1 aliphatic rings. The van der Waals surface area contributed by atoms with Crippen molar-refractivity contribution in [3.63, 3.8) is 0 Å². The van der Waals surface area contributed by atoms with Gasteiger partial charge in [0, 0.05) is 26.2 Å². The minimum absolute atomic E-state index is 0.00526. The van der Waals surface area contributed by atoms with Crippen molar-refractivity contribution in [2.75, 3.05) is 32.2 Å². The van der Waals surface area contributed by atoms with Crippen molar-refractivity contribution in [1.82, 2.24) is 0 Å². The normalized spacial score (nSPS) is 22.1. The van der Waals surface area contributed by atoms with Gasteiger partial charge in [-0.3, -0.25) is 10.1 Å². The van der Waals surface area contributed by atoms with Crippen molar-refractivity contribution >= 4 is 11.4 Å². The number of nitro groups is 1. The SMILES string of the molecule is COc1cccc(N2CCC(OC)CC2CN)c1[N+](=O)[O-]. The fourth-order valence-electron chi connectivity index (χ4n) is 2.86. The van der Waals surface area contributed by atoms with E-state index in [2.05, 4.69) is 0 Å². The van der Waals surface area contributed by atoms with Crippen LogP contribution in [-0.2, 0) is 4.74 Å². The quantitative estimate of drug-likeness (QED) is 0.654. The molecule has 1 fully saturated rings. The highest BCUT2D eigenvalue weighted by Crippen LogP contribution is 2.39. The van der Waals surface area contributed by atoms with Crippen LogP contribution in [0.1, 0.15) is 12.8 Å². The first kappa shape index (κ1) is 15.5. The topological polar surface area (TPSA) is 90.9 Å². The minimum atomic E-state index is -0.399. The van der Waals surface area contributed by atoms with Gasteiger partial charge in [-0.05, 0) is 25.0 Å². The second-order valence-corrected chi connectivity index (χ2v) is 5.05. The molecule has 1 heterocycles. The van der Waals surface area contributed by atoms with E-state index in [1.807, 2.05) is 4.90 Å². The monoisotopic (exact) mass is 295 g/mol. The van der Waals surface area contributed by atoms with Gasteiger partial charge in [-0.25, -0.2) is 0 Å². The van der Waals surface area contributed by atoms with Gasteiger partial charge in [0.15, 0.2) is 5.75 Å². The Morgan fingerprint density at radius 2 is 2.24 bits per heavy atom. The maximum atomic E-state index is 11.4. The van der Waals surface area contributed by atoms with Crippen LogP contribution in [0, 0.1) is 10.1 Å². The number of hydrogen-bond acceptors (Lipinski definition) is 6. The largest absolute Gasteiger partial charge is 0.490 e. The molecule has 0 bridgehead atoms. The van der Waals surface area contributed by atoms with Crippen molar-refractivity contribution in [2.24, 2.45) is 5.73 Å².